The van der Waals surface area contributed by atoms with E-state index in [4.69, 9.17) is 0 Å². The van der Waals surface area contributed by atoms with Crippen LogP contribution in [0.15, 0.2) is 64.5 Å². The molecule has 0 saturated carbocycles. The molecule has 1 heterocycles. The average Bonchev–Trinajstić information content (AvgIpc) is 2.97. The number of amides is 1. The number of aryl methyl sites for hydroxylation is 1. The van der Waals surface area contributed by atoms with Gasteiger partial charge in [-0.25, -0.2) is 4.99 Å². The van der Waals surface area contributed by atoms with Gasteiger partial charge in [-0.2, -0.15) is 0 Å². The molecule has 0 atom stereocenters. The van der Waals surface area contributed by atoms with Gasteiger partial charge in [-0.05, 0) is 59.5 Å². The first-order valence-corrected chi connectivity index (χ1v) is 9.60. The van der Waals surface area contributed by atoms with E-state index in [0.717, 1.165) is 22.4 Å². The summed E-state index contributed by atoms with van der Waals surface area (Å²) in [5, 5.41) is 13.4. The van der Waals surface area contributed by atoms with Crippen LogP contribution in [0.1, 0.15) is 36.5 Å². The van der Waals surface area contributed by atoms with Crippen LogP contribution >= 0.6 is 11.8 Å². The molecule has 1 aliphatic rings. The fraction of sp³-hybridized carbons (Fsp3) is 0.182. The summed E-state index contributed by atoms with van der Waals surface area (Å²) in [6.45, 7) is 5.94. The summed E-state index contributed by atoms with van der Waals surface area (Å²) in [5.74, 6) is 0.312. The van der Waals surface area contributed by atoms with Crippen molar-refractivity contribution in [3.8, 4) is 5.75 Å². The first kappa shape index (κ1) is 19.0. The molecule has 1 amide bonds. The Balaban J connectivity index is 1.80. The number of hydrogen-bond donors (Lipinski definition) is 2. The van der Waals surface area contributed by atoms with Gasteiger partial charge in [0.25, 0.3) is 5.91 Å². The first-order chi connectivity index (χ1) is 12.9. The van der Waals surface area contributed by atoms with E-state index in [-0.39, 0.29) is 17.6 Å². The summed E-state index contributed by atoms with van der Waals surface area (Å²) in [6.07, 6.45) is 5.61. The number of hydrogen-bond acceptors (Lipinski definition) is 4. The Kier molecular flexibility index (Phi) is 5.81. The summed E-state index contributed by atoms with van der Waals surface area (Å²) in [7, 11) is 0. The van der Waals surface area contributed by atoms with E-state index in [2.05, 4.69) is 10.3 Å². The Labute approximate surface area is 163 Å². The minimum atomic E-state index is -0.156. The summed E-state index contributed by atoms with van der Waals surface area (Å²) < 4.78 is 0. The predicted octanol–water partition coefficient (Wildman–Crippen LogP) is 5.27. The molecule has 1 aliphatic heterocycles. The van der Waals surface area contributed by atoms with Gasteiger partial charge in [-0.1, -0.05) is 56.3 Å². The van der Waals surface area contributed by atoms with Crippen LogP contribution in [0.3, 0.4) is 0 Å². The van der Waals surface area contributed by atoms with Gasteiger partial charge in [-0.3, -0.25) is 4.79 Å². The van der Waals surface area contributed by atoms with E-state index in [1.165, 1.54) is 11.8 Å². The molecule has 2 aromatic rings. The third kappa shape index (κ3) is 4.68. The third-order valence-electron chi connectivity index (χ3n) is 4.18. The van der Waals surface area contributed by atoms with Gasteiger partial charge < -0.3 is 10.4 Å². The highest BCUT2D eigenvalue weighted by molar-refractivity contribution is 8.18. The van der Waals surface area contributed by atoms with Gasteiger partial charge >= 0.3 is 0 Å². The molecular weight excluding hydrogens is 356 g/mol. The van der Waals surface area contributed by atoms with Crippen molar-refractivity contribution in [1.29, 1.82) is 0 Å². The number of nitrogens with one attached hydrogen (secondary N) is 1. The monoisotopic (exact) mass is 378 g/mol. The molecule has 0 unspecified atom stereocenters. The second-order valence-electron chi connectivity index (χ2n) is 6.63. The molecule has 1 fully saturated rings. The van der Waals surface area contributed by atoms with Crippen molar-refractivity contribution in [2.75, 3.05) is 0 Å². The summed E-state index contributed by atoms with van der Waals surface area (Å²) in [5.41, 5.74) is 3.53. The number of carbonyl (C=O) groups excluding carboxylic acids is 1. The average molecular weight is 378 g/mol. The lowest BCUT2D eigenvalue weighted by Gasteiger charge is -2.11. The fourth-order valence-electron chi connectivity index (χ4n) is 2.70. The van der Waals surface area contributed by atoms with Crippen LogP contribution in [0.5, 0.6) is 5.75 Å². The Hall–Kier alpha value is -2.79. The molecule has 0 aromatic heterocycles. The zero-order chi connectivity index (χ0) is 19.4. The molecule has 0 aliphatic carbocycles. The normalized spacial score (nSPS) is 17.4. The van der Waals surface area contributed by atoms with E-state index in [1.54, 1.807) is 12.1 Å². The number of benzene rings is 2. The van der Waals surface area contributed by atoms with Crippen molar-refractivity contribution in [2.45, 2.75) is 26.7 Å². The molecule has 3 rings (SSSR count). The van der Waals surface area contributed by atoms with Gasteiger partial charge in [-0.15, -0.1) is 0 Å². The van der Waals surface area contributed by atoms with Crippen molar-refractivity contribution < 1.29 is 9.90 Å². The minimum Gasteiger partial charge on any atom is -0.508 e. The molecule has 1 saturated heterocycles. The second-order valence-corrected chi connectivity index (χ2v) is 7.66. The Bertz CT molecular complexity index is 944. The number of amidine groups is 1. The van der Waals surface area contributed by atoms with Crippen LogP contribution < -0.4 is 5.32 Å². The highest BCUT2D eigenvalue weighted by Gasteiger charge is 2.23. The molecular formula is C22H22N2O2S. The molecule has 0 bridgehead atoms. The molecule has 27 heavy (non-hydrogen) atoms. The zero-order valence-corrected chi connectivity index (χ0v) is 16.4. The van der Waals surface area contributed by atoms with Crippen LogP contribution in [0.4, 0.5) is 5.69 Å². The third-order valence-corrected chi connectivity index (χ3v) is 5.10. The van der Waals surface area contributed by atoms with Crippen LogP contribution in [0.25, 0.3) is 6.08 Å². The van der Waals surface area contributed by atoms with E-state index < -0.39 is 0 Å². The number of carbonyl (C=O) groups is 1. The van der Waals surface area contributed by atoms with Gasteiger partial charge in [0, 0.05) is 0 Å². The first-order valence-electron chi connectivity index (χ1n) is 8.79. The number of nitrogens with zero attached hydrogens (tertiary/aromatic N) is 1. The summed E-state index contributed by atoms with van der Waals surface area (Å²) >= 11 is 1.31. The van der Waals surface area contributed by atoms with E-state index in [0.29, 0.717) is 10.1 Å². The fourth-order valence-corrected chi connectivity index (χ4v) is 3.48. The van der Waals surface area contributed by atoms with Crippen molar-refractivity contribution in [2.24, 2.45) is 4.99 Å². The van der Waals surface area contributed by atoms with Gasteiger partial charge in [0.05, 0.1) is 10.6 Å². The summed E-state index contributed by atoms with van der Waals surface area (Å²) in [6, 6.07) is 13.5. The molecule has 138 valence electrons. The van der Waals surface area contributed by atoms with Crippen LogP contribution in [-0.2, 0) is 4.79 Å². The van der Waals surface area contributed by atoms with Gasteiger partial charge in [0.1, 0.15) is 5.75 Å². The zero-order valence-electron chi connectivity index (χ0n) is 15.6. The van der Waals surface area contributed by atoms with Crippen LogP contribution in [-0.4, -0.2) is 16.2 Å². The molecule has 0 radical (unpaired) electrons. The maximum atomic E-state index is 12.2. The molecule has 0 spiro atoms. The lowest BCUT2D eigenvalue weighted by molar-refractivity contribution is -0.115. The number of rotatable bonds is 4. The maximum absolute atomic E-state index is 12.2. The highest BCUT2D eigenvalue weighted by Crippen LogP contribution is 2.34. The maximum Gasteiger partial charge on any atom is 0.264 e. The van der Waals surface area contributed by atoms with Crippen molar-refractivity contribution in [1.82, 2.24) is 5.32 Å². The minimum absolute atomic E-state index is 0.156. The van der Waals surface area contributed by atoms with Crippen molar-refractivity contribution in [3.63, 3.8) is 0 Å². The van der Waals surface area contributed by atoms with E-state index >= 15 is 0 Å². The van der Waals surface area contributed by atoms with Crippen molar-refractivity contribution in [3.05, 3.63) is 76.2 Å². The quantitative estimate of drug-likeness (QED) is 0.712. The summed E-state index contributed by atoms with van der Waals surface area (Å²) in [4.78, 5) is 17.4. The van der Waals surface area contributed by atoms with Crippen molar-refractivity contribution >= 4 is 34.6 Å². The predicted molar refractivity (Wildman–Crippen MR) is 113 cm³/mol. The lowest BCUT2D eigenvalue weighted by Crippen LogP contribution is -2.19. The Morgan fingerprint density at radius 2 is 1.93 bits per heavy atom. The smallest absolute Gasteiger partial charge is 0.264 e. The topological polar surface area (TPSA) is 61.7 Å². The molecule has 2 N–H and O–H groups in total. The van der Waals surface area contributed by atoms with Gasteiger partial charge in [0.2, 0.25) is 0 Å². The number of phenols is 1. The largest absolute Gasteiger partial charge is 0.508 e. The van der Waals surface area contributed by atoms with E-state index in [1.807, 2.05) is 69.3 Å². The Morgan fingerprint density at radius 1 is 1.19 bits per heavy atom. The van der Waals surface area contributed by atoms with Crippen LogP contribution in [0.2, 0.25) is 0 Å². The van der Waals surface area contributed by atoms with E-state index in [9.17, 15) is 9.90 Å². The standard InChI is InChI=1S/C22H22N2O2S/c1-14(2)17-13-18(15(3)12-19(17)25)23-22-24-21(26)20(27-22)11-7-10-16-8-5-4-6-9-16/h4-14,25H,1-3H3,(H,23,24,26). The number of allylic oxidation sites excluding steroid dienone is 2. The highest BCUT2D eigenvalue weighted by atomic mass is 32.2. The molecule has 2 aromatic carbocycles. The molecule has 4 nitrogen and oxygen atoms in total. The molecule has 5 heteroatoms. The van der Waals surface area contributed by atoms with Crippen LogP contribution in [0, 0.1) is 6.92 Å². The Morgan fingerprint density at radius 3 is 2.63 bits per heavy atom. The van der Waals surface area contributed by atoms with Gasteiger partial charge in [0.15, 0.2) is 5.17 Å². The SMILES string of the molecule is Cc1cc(O)c(C(C)C)cc1N=C1NC(=O)C(=CC=Cc2ccccc2)S1. The second kappa shape index (κ2) is 8.27. The number of aromatic hydroxyl groups is 1. The number of phenolic OH excluding ortho intramolecular Hbond substituents is 1. The number of thioether (sulfide) groups is 1. The number of aliphatic imine (C=N–C) groups is 1. The lowest BCUT2D eigenvalue weighted by atomic mass is 9.99.